The van der Waals surface area contributed by atoms with Crippen LogP contribution in [0.1, 0.15) is 44.9 Å². The molecule has 1 aliphatic heterocycles. The first kappa shape index (κ1) is 23.4. The number of benzene rings is 2. The smallest absolute Gasteiger partial charge is 0.495 e. The van der Waals surface area contributed by atoms with Crippen LogP contribution >= 0.6 is 0 Å². The van der Waals surface area contributed by atoms with Crippen molar-refractivity contribution in [2.75, 3.05) is 19.5 Å². The number of hydrogen-bond acceptors (Lipinski definition) is 8. The van der Waals surface area contributed by atoms with E-state index < -0.39 is 30.3 Å². The number of carboxylic acid groups (broad SMARTS) is 1. The number of carboxylic acids is 1. The van der Waals surface area contributed by atoms with Crippen molar-refractivity contribution in [3.8, 4) is 17.6 Å². The van der Waals surface area contributed by atoms with Gasteiger partial charge in [0, 0.05) is 5.69 Å². The summed E-state index contributed by atoms with van der Waals surface area (Å²) in [5.41, 5.74) is 0.554. The lowest BCUT2D eigenvalue weighted by atomic mass is 9.74. The lowest BCUT2D eigenvalue weighted by Gasteiger charge is -2.32. The maximum atomic E-state index is 12.2. The standard InChI is InChI=1S/C23H27BN2O6/c1-22(2)23(3,4)32-24(31-22)17-12-19(30-6)18(29-5)11-16(17)20(21(27)28)26-15-9-7-14(13-25)8-10-15/h7-12,20,26H,1-6H3,(H,27,28)/p-1. The third-order valence-corrected chi connectivity index (χ3v) is 5.97. The van der Waals surface area contributed by atoms with Crippen molar-refractivity contribution in [1.29, 1.82) is 5.26 Å². The first-order valence-electron chi connectivity index (χ1n) is 10.1. The van der Waals surface area contributed by atoms with Gasteiger partial charge in [0.15, 0.2) is 11.5 Å². The first-order chi connectivity index (χ1) is 15.0. The van der Waals surface area contributed by atoms with E-state index in [2.05, 4.69) is 5.32 Å². The first-order valence-corrected chi connectivity index (χ1v) is 10.1. The lowest BCUT2D eigenvalue weighted by molar-refractivity contribution is -0.307. The monoisotopic (exact) mass is 437 g/mol. The van der Waals surface area contributed by atoms with E-state index in [-0.39, 0.29) is 0 Å². The van der Waals surface area contributed by atoms with Crippen molar-refractivity contribution in [1.82, 2.24) is 0 Å². The van der Waals surface area contributed by atoms with Crippen LogP contribution in [0.4, 0.5) is 5.69 Å². The van der Waals surface area contributed by atoms with E-state index in [4.69, 9.17) is 24.0 Å². The van der Waals surface area contributed by atoms with Crippen molar-refractivity contribution in [2.24, 2.45) is 0 Å². The molecule has 1 saturated heterocycles. The predicted molar refractivity (Wildman–Crippen MR) is 118 cm³/mol. The molecule has 0 spiro atoms. The fraction of sp³-hybridized carbons (Fsp3) is 0.391. The largest absolute Gasteiger partial charge is 0.548 e. The van der Waals surface area contributed by atoms with Crippen molar-refractivity contribution < 1.29 is 28.7 Å². The second-order valence-electron chi connectivity index (χ2n) is 8.51. The summed E-state index contributed by atoms with van der Waals surface area (Å²) in [5.74, 6) is -0.577. The van der Waals surface area contributed by atoms with Crippen LogP contribution in [0, 0.1) is 11.3 Å². The molecule has 9 heteroatoms. The Balaban J connectivity index is 2.11. The van der Waals surface area contributed by atoms with Gasteiger partial charge in [-0.05, 0) is 75.1 Å². The van der Waals surface area contributed by atoms with Crippen LogP contribution in [-0.4, -0.2) is 38.5 Å². The number of aliphatic carboxylic acids is 1. The van der Waals surface area contributed by atoms with Gasteiger partial charge >= 0.3 is 7.12 Å². The van der Waals surface area contributed by atoms with Crippen LogP contribution < -0.4 is 25.4 Å². The van der Waals surface area contributed by atoms with Crippen molar-refractivity contribution in [2.45, 2.75) is 44.9 Å². The number of nitriles is 1. The van der Waals surface area contributed by atoms with Gasteiger partial charge < -0.3 is 34.0 Å². The predicted octanol–water partition coefficient (Wildman–Crippen LogP) is 1.78. The Morgan fingerprint density at radius 2 is 1.59 bits per heavy atom. The van der Waals surface area contributed by atoms with Gasteiger partial charge in [0.25, 0.3) is 0 Å². The van der Waals surface area contributed by atoms with Gasteiger partial charge in [0.1, 0.15) is 0 Å². The highest BCUT2D eigenvalue weighted by molar-refractivity contribution is 6.63. The number of carbonyl (C=O) groups is 1. The van der Waals surface area contributed by atoms with Crippen molar-refractivity contribution >= 4 is 24.2 Å². The lowest BCUT2D eigenvalue weighted by Crippen LogP contribution is -2.43. The second kappa shape index (κ2) is 8.73. The number of nitrogens with one attached hydrogen (secondary N) is 1. The highest BCUT2D eigenvalue weighted by Crippen LogP contribution is 2.38. The Kier molecular flexibility index (Phi) is 6.40. The minimum absolute atomic E-state index is 0.352. The Bertz CT molecular complexity index is 1030. The second-order valence-corrected chi connectivity index (χ2v) is 8.51. The number of methoxy groups -OCH3 is 2. The number of anilines is 1. The van der Waals surface area contributed by atoms with Gasteiger partial charge in [0.2, 0.25) is 0 Å². The van der Waals surface area contributed by atoms with Crippen molar-refractivity contribution in [3.05, 3.63) is 47.5 Å². The molecule has 0 bridgehead atoms. The molecular weight excluding hydrogens is 411 g/mol. The summed E-state index contributed by atoms with van der Waals surface area (Å²) in [6.07, 6.45) is 0. The molecule has 1 aliphatic rings. The van der Waals surface area contributed by atoms with E-state index in [0.717, 1.165) is 0 Å². The molecule has 1 fully saturated rings. The fourth-order valence-electron chi connectivity index (χ4n) is 3.41. The highest BCUT2D eigenvalue weighted by atomic mass is 16.7. The zero-order valence-electron chi connectivity index (χ0n) is 19.0. The molecule has 168 valence electrons. The topological polar surface area (TPSA) is 113 Å². The van der Waals surface area contributed by atoms with Crippen LogP contribution in [-0.2, 0) is 14.1 Å². The quantitative estimate of drug-likeness (QED) is 0.653. The SMILES string of the molecule is COc1cc(B2OC(C)(C)C(C)(C)O2)c(C(Nc2ccc(C#N)cc2)C(=O)[O-])cc1OC. The Hall–Kier alpha value is -3.22. The molecule has 3 rings (SSSR count). The van der Waals surface area contributed by atoms with Crippen molar-refractivity contribution in [3.63, 3.8) is 0 Å². The normalized spacial score (nSPS) is 17.3. The number of carbonyl (C=O) groups excluding carboxylic acids is 1. The molecule has 0 aromatic heterocycles. The van der Waals surface area contributed by atoms with Crippen LogP contribution in [0.3, 0.4) is 0 Å². The summed E-state index contributed by atoms with van der Waals surface area (Å²) in [5, 5.41) is 24.2. The maximum absolute atomic E-state index is 12.2. The Morgan fingerprint density at radius 1 is 1.06 bits per heavy atom. The zero-order valence-corrected chi connectivity index (χ0v) is 19.0. The van der Waals surface area contributed by atoms with E-state index in [9.17, 15) is 9.90 Å². The molecule has 2 aromatic rings. The molecule has 8 nitrogen and oxygen atoms in total. The minimum atomic E-state index is -1.35. The van der Waals surface area contributed by atoms with Crippen LogP contribution in [0.25, 0.3) is 0 Å². The summed E-state index contributed by atoms with van der Waals surface area (Å²) in [6, 6.07) is 10.5. The number of hydrogen-bond donors (Lipinski definition) is 1. The number of ether oxygens (including phenoxy) is 2. The molecule has 0 amide bonds. The molecule has 1 atom stereocenters. The summed E-state index contributed by atoms with van der Waals surface area (Å²) in [6.45, 7) is 7.66. The molecule has 0 saturated carbocycles. The molecule has 0 radical (unpaired) electrons. The molecule has 2 aromatic carbocycles. The molecule has 1 unspecified atom stereocenters. The van der Waals surface area contributed by atoms with E-state index in [1.165, 1.54) is 14.2 Å². The summed E-state index contributed by atoms with van der Waals surface area (Å²) < 4.78 is 23.2. The summed E-state index contributed by atoms with van der Waals surface area (Å²) >= 11 is 0. The van der Waals surface area contributed by atoms with Gasteiger partial charge in [-0.15, -0.1) is 0 Å². The Morgan fingerprint density at radius 3 is 2.06 bits per heavy atom. The maximum Gasteiger partial charge on any atom is 0.495 e. The number of rotatable bonds is 7. The van der Waals surface area contributed by atoms with Crippen LogP contribution in [0.15, 0.2) is 36.4 Å². The van der Waals surface area contributed by atoms with E-state index in [1.54, 1.807) is 36.4 Å². The van der Waals surface area contributed by atoms with Gasteiger partial charge in [0.05, 0.1) is 49.1 Å². The van der Waals surface area contributed by atoms with Gasteiger partial charge in [-0.25, -0.2) is 0 Å². The summed E-state index contributed by atoms with van der Waals surface area (Å²) in [7, 11) is 2.13. The Labute approximate surface area is 188 Å². The minimum Gasteiger partial charge on any atom is -0.548 e. The third kappa shape index (κ3) is 4.38. The van der Waals surface area contributed by atoms with Gasteiger partial charge in [-0.1, -0.05) is 0 Å². The molecule has 1 N–H and O–H groups in total. The summed E-state index contributed by atoms with van der Waals surface area (Å²) in [4.78, 5) is 12.2. The molecular formula is C23H26BN2O6-. The zero-order chi connectivity index (χ0) is 23.7. The fourth-order valence-corrected chi connectivity index (χ4v) is 3.41. The van der Waals surface area contributed by atoms with Crippen LogP contribution in [0.5, 0.6) is 11.5 Å². The van der Waals surface area contributed by atoms with E-state index >= 15 is 0 Å². The average Bonchev–Trinajstić information content (AvgIpc) is 2.98. The molecule has 32 heavy (non-hydrogen) atoms. The molecule has 0 aliphatic carbocycles. The molecule has 1 heterocycles. The van der Waals surface area contributed by atoms with Crippen LogP contribution in [0.2, 0.25) is 0 Å². The van der Waals surface area contributed by atoms with E-state index in [0.29, 0.717) is 33.8 Å². The van der Waals surface area contributed by atoms with Gasteiger partial charge in [-0.3, -0.25) is 0 Å². The third-order valence-electron chi connectivity index (χ3n) is 5.97. The highest BCUT2D eigenvalue weighted by Gasteiger charge is 2.52. The van der Waals surface area contributed by atoms with Gasteiger partial charge in [-0.2, -0.15) is 5.26 Å². The number of nitrogens with zero attached hydrogens (tertiary/aromatic N) is 1. The average molecular weight is 437 g/mol. The van der Waals surface area contributed by atoms with E-state index in [1.807, 2.05) is 33.8 Å².